The van der Waals surface area contributed by atoms with Crippen molar-refractivity contribution in [3.8, 4) is 0 Å². The molecule has 0 aliphatic carbocycles. The molecular formula is C15H19NO2. The number of aromatic nitrogens is 1. The van der Waals surface area contributed by atoms with E-state index in [1.807, 2.05) is 36.9 Å². The van der Waals surface area contributed by atoms with E-state index >= 15 is 0 Å². The average Bonchev–Trinajstić information content (AvgIpc) is 2.66. The van der Waals surface area contributed by atoms with Gasteiger partial charge in [0, 0.05) is 24.1 Å². The number of esters is 1. The molecule has 0 unspecified atom stereocenters. The maximum absolute atomic E-state index is 12.0. The molecular weight excluding hydrogens is 226 g/mol. The van der Waals surface area contributed by atoms with Gasteiger partial charge >= 0.3 is 5.97 Å². The molecule has 0 atom stereocenters. The minimum atomic E-state index is -0.223. The van der Waals surface area contributed by atoms with Crippen LogP contribution in [0.4, 0.5) is 0 Å². The van der Waals surface area contributed by atoms with E-state index in [1.54, 1.807) is 0 Å². The summed E-state index contributed by atoms with van der Waals surface area (Å²) < 4.78 is 7.24. The zero-order valence-corrected chi connectivity index (χ0v) is 11.2. The van der Waals surface area contributed by atoms with Crippen LogP contribution in [0.3, 0.4) is 0 Å². The van der Waals surface area contributed by atoms with Crippen LogP contribution >= 0.6 is 0 Å². The lowest BCUT2D eigenvalue weighted by Gasteiger charge is -2.02. The van der Waals surface area contributed by atoms with Gasteiger partial charge in [-0.25, -0.2) is 4.79 Å². The monoisotopic (exact) mass is 245 g/mol. The van der Waals surface area contributed by atoms with Gasteiger partial charge in [0.15, 0.2) is 0 Å². The number of carbonyl (C=O) groups is 1. The van der Waals surface area contributed by atoms with Crippen LogP contribution in [0.2, 0.25) is 0 Å². The standard InChI is InChI=1S/C15H19NO2/c1-4-5-8-18-15(17)13-10-16(3)14-7-6-11(2)9-12(13)14/h6-7,9-10H,4-5,8H2,1-3H3. The number of hydrogen-bond donors (Lipinski definition) is 0. The quantitative estimate of drug-likeness (QED) is 0.610. The van der Waals surface area contributed by atoms with Gasteiger partial charge in [0.05, 0.1) is 12.2 Å². The molecule has 1 aromatic carbocycles. The Kier molecular flexibility index (Phi) is 3.70. The lowest BCUT2D eigenvalue weighted by Crippen LogP contribution is -2.05. The highest BCUT2D eigenvalue weighted by Crippen LogP contribution is 2.22. The first-order chi connectivity index (χ1) is 8.63. The minimum absolute atomic E-state index is 0.223. The molecule has 0 radical (unpaired) electrons. The molecule has 0 spiro atoms. The molecule has 96 valence electrons. The first-order valence-electron chi connectivity index (χ1n) is 6.36. The predicted molar refractivity (Wildman–Crippen MR) is 72.8 cm³/mol. The Bertz CT molecular complexity index is 569. The molecule has 3 nitrogen and oxygen atoms in total. The fraction of sp³-hybridized carbons (Fsp3) is 0.400. The van der Waals surface area contributed by atoms with Crippen molar-refractivity contribution < 1.29 is 9.53 Å². The zero-order valence-electron chi connectivity index (χ0n) is 11.2. The molecule has 0 aliphatic rings. The van der Waals surface area contributed by atoms with Crippen LogP contribution in [0.15, 0.2) is 24.4 Å². The second-order valence-corrected chi connectivity index (χ2v) is 4.66. The van der Waals surface area contributed by atoms with Gasteiger partial charge in [0.2, 0.25) is 0 Å². The van der Waals surface area contributed by atoms with Gasteiger partial charge in [0.25, 0.3) is 0 Å². The fourth-order valence-electron chi connectivity index (χ4n) is 2.06. The van der Waals surface area contributed by atoms with Crippen LogP contribution in [-0.2, 0) is 11.8 Å². The van der Waals surface area contributed by atoms with Crippen molar-refractivity contribution >= 4 is 16.9 Å². The third-order valence-corrected chi connectivity index (χ3v) is 3.10. The van der Waals surface area contributed by atoms with Gasteiger partial charge in [-0.1, -0.05) is 25.0 Å². The van der Waals surface area contributed by atoms with Crippen molar-refractivity contribution in [2.24, 2.45) is 7.05 Å². The fourth-order valence-corrected chi connectivity index (χ4v) is 2.06. The maximum atomic E-state index is 12.0. The Morgan fingerprint density at radius 3 is 2.89 bits per heavy atom. The molecule has 0 N–H and O–H groups in total. The molecule has 0 bridgehead atoms. The van der Waals surface area contributed by atoms with Crippen LogP contribution in [0.1, 0.15) is 35.7 Å². The van der Waals surface area contributed by atoms with Crippen molar-refractivity contribution in [1.82, 2.24) is 4.57 Å². The Morgan fingerprint density at radius 2 is 2.17 bits per heavy atom. The Balaban J connectivity index is 2.32. The van der Waals surface area contributed by atoms with E-state index in [-0.39, 0.29) is 5.97 Å². The predicted octanol–water partition coefficient (Wildman–Crippen LogP) is 3.44. The first kappa shape index (κ1) is 12.7. The second kappa shape index (κ2) is 5.25. The van der Waals surface area contributed by atoms with E-state index in [4.69, 9.17) is 4.74 Å². The van der Waals surface area contributed by atoms with E-state index in [2.05, 4.69) is 13.0 Å². The smallest absolute Gasteiger partial charge is 0.340 e. The largest absolute Gasteiger partial charge is 0.462 e. The van der Waals surface area contributed by atoms with Crippen molar-refractivity contribution in [3.63, 3.8) is 0 Å². The van der Waals surface area contributed by atoms with Crippen LogP contribution < -0.4 is 0 Å². The van der Waals surface area contributed by atoms with Gasteiger partial charge in [0.1, 0.15) is 0 Å². The zero-order chi connectivity index (χ0) is 13.1. The Hall–Kier alpha value is -1.77. The molecule has 0 aliphatic heterocycles. The minimum Gasteiger partial charge on any atom is -0.462 e. The summed E-state index contributed by atoms with van der Waals surface area (Å²) in [5.74, 6) is -0.223. The highest BCUT2D eigenvalue weighted by Gasteiger charge is 2.14. The van der Waals surface area contributed by atoms with Crippen LogP contribution in [0.5, 0.6) is 0 Å². The number of aryl methyl sites for hydroxylation is 2. The van der Waals surface area contributed by atoms with E-state index in [1.165, 1.54) is 0 Å². The second-order valence-electron chi connectivity index (χ2n) is 4.66. The molecule has 0 fully saturated rings. The van der Waals surface area contributed by atoms with Gasteiger partial charge in [-0.15, -0.1) is 0 Å². The number of benzene rings is 1. The van der Waals surface area contributed by atoms with Gasteiger partial charge < -0.3 is 9.30 Å². The first-order valence-corrected chi connectivity index (χ1v) is 6.36. The Labute approximate surface area is 107 Å². The SMILES string of the molecule is CCCCOC(=O)c1cn(C)c2ccc(C)cc12. The summed E-state index contributed by atoms with van der Waals surface area (Å²) in [6, 6.07) is 6.12. The topological polar surface area (TPSA) is 31.2 Å². The van der Waals surface area contributed by atoms with E-state index < -0.39 is 0 Å². The summed E-state index contributed by atoms with van der Waals surface area (Å²) in [5.41, 5.74) is 2.87. The Morgan fingerprint density at radius 1 is 1.39 bits per heavy atom. The molecule has 3 heteroatoms. The van der Waals surface area contributed by atoms with Crippen LogP contribution in [-0.4, -0.2) is 17.1 Å². The molecule has 18 heavy (non-hydrogen) atoms. The summed E-state index contributed by atoms with van der Waals surface area (Å²) >= 11 is 0. The number of rotatable bonds is 4. The highest BCUT2D eigenvalue weighted by molar-refractivity contribution is 6.04. The normalized spacial score (nSPS) is 10.8. The molecule has 2 aromatic rings. The summed E-state index contributed by atoms with van der Waals surface area (Å²) in [6.07, 6.45) is 3.79. The van der Waals surface area contributed by atoms with Crippen molar-refractivity contribution in [2.75, 3.05) is 6.61 Å². The molecule has 1 aromatic heterocycles. The summed E-state index contributed by atoms with van der Waals surface area (Å²) in [7, 11) is 1.94. The van der Waals surface area contributed by atoms with E-state index in [0.29, 0.717) is 12.2 Å². The number of carbonyl (C=O) groups excluding carboxylic acids is 1. The third-order valence-electron chi connectivity index (χ3n) is 3.10. The van der Waals surface area contributed by atoms with Crippen molar-refractivity contribution in [1.29, 1.82) is 0 Å². The molecule has 0 amide bonds. The van der Waals surface area contributed by atoms with Crippen molar-refractivity contribution in [3.05, 3.63) is 35.5 Å². The van der Waals surface area contributed by atoms with Gasteiger partial charge in [-0.2, -0.15) is 0 Å². The molecule has 2 rings (SSSR count). The molecule has 1 heterocycles. The number of ether oxygens (including phenoxy) is 1. The lowest BCUT2D eigenvalue weighted by molar-refractivity contribution is 0.0502. The van der Waals surface area contributed by atoms with Crippen molar-refractivity contribution in [2.45, 2.75) is 26.7 Å². The van der Waals surface area contributed by atoms with E-state index in [0.717, 1.165) is 29.3 Å². The van der Waals surface area contributed by atoms with E-state index in [9.17, 15) is 4.79 Å². The number of nitrogens with zero attached hydrogens (tertiary/aromatic N) is 1. The van der Waals surface area contributed by atoms with Gasteiger partial charge in [-0.3, -0.25) is 0 Å². The third kappa shape index (κ3) is 2.40. The molecule has 0 saturated heterocycles. The summed E-state index contributed by atoms with van der Waals surface area (Å²) in [5, 5.41) is 0.971. The molecule has 0 saturated carbocycles. The summed E-state index contributed by atoms with van der Waals surface area (Å²) in [4.78, 5) is 12.0. The lowest BCUT2D eigenvalue weighted by atomic mass is 10.1. The van der Waals surface area contributed by atoms with Crippen LogP contribution in [0, 0.1) is 6.92 Å². The van der Waals surface area contributed by atoms with Gasteiger partial charge in [-0.05, 0) is 25.5 Å². The summed E-state index contributed by atoms with van der Waals surface area (Å²) in [6.45, 7) is 4.60. The maximum Gasteiger partial charge on any atom is 0.340 e. The number of fused-ring (bicyclic) bond motifs is 1. The number of hydrogen-bond acceptors (Lipinski definition) is 2. The van der Waals surface area contributed by atoms with Crippen LogP contribution in [0.25, 0.3) is 10.9 Å². The average molecular weight is 245 g/mol. The highest BCUT2D eigenvalue weighted by atomic mass is 16.5. The number of unbranched alkanes of at least 4 members (excludes halogenated alkanes) is 1.